The second kappa shape index (κ2) is 8.86. The van der Waals surface area contributed by atoms with Crippen molar-refractivity contribution in [1.29, 1.82) is 0 Å². The summed E-state index contributed by atoms with van der Waals surface area (Å²) in [5.41, 5.74) is 0.786. The molecule has 0 amide bonds. The lowest BCUT2D eigenvalue weighted by Crippen LogP contribution is -2.33. The average Bonchev–Trinajstić information content (AvgIpc) is 2.49. The van der Waals surface area contributed by atoms with Crippen LogP contribution in [0.4, 0.5) is 4.39 Å². The third-order valence-electron chi connectivity index (χ3n) is 4.09. The van der Waals surface area contributed by atoms with Crippen molar-refractivity contribution in [3.8, 4) is 0 Å². The molecule has 1 aromatic rings. The van der Waals surface area contributed by atoms with Gasteiger partial charge in [-0.15, -0.1) is 0 Å². The Morgan fingerprint density at radius 2 is 2.29 bits per heavy atom. The second-order valence-electron chi connectivity index (χ2n) is 5.76. The van der Waals surface area contributed by atoms with E-state index in [1.165, 1.54) is 19.3 Å². The van der Waals surface area contributed by atoms with Gasteiger partial charge in [0, 0.05) is 17.1 Å². The molecule has 118 valence electrons. The first kappa shape index (κ1) is 16.9. The fourth-order valence-corrected chi connectivity index (χ4v) is 3.27. The molecule has 2 atom stereocenters. The van der Waals surface area contributed by atoms with Crippen LogP contribution >= 0.6 is 15.9 Å². The number of hydrogen-bond donors (Lipinski definition) is 1. The summed E-state index contributed by atoms with van der Waals surface area (Å²) < 4.78 is 20.5. The lowest BCUT2D eigenvalue weighted by molar-refractivity contribution is 0.00860. The van der Waals surface area contributed by atoms with Crippen LogP contribution in [0.1, 0.15) is 44.6 Å². The number of ether oxygens (including phenoxy) is 1. The standard InChI is InChI=1S/C17H25BrFNO/c1-2-20-15(8-9-16-5-3-4-10-21-16)11-13-6-7-14(18)12-17(13)19/h6-7,12,15-16,20H,2-5,8-11H2,1H3. The molecular weight excluding hydrogens is 333 g/mol. The van der Waals surface area contributed by atoms with Gasteiger partial charge in [-0.2, -0.15) is 0 Å². The van der Waals surface area contributed by atoms with Crippen molar-refractivity contribution >= 4 is 15.9 Å². The van der Waals surface area contributed by atoms with Crippen molar-refractivity contribution in [2.24, 2.45) is 0 Å². The molecule has 2 rings (SSSR count). The predicted octanol–water partition coefficient (Wildman–Crippen LogP) is 4.46. The van der Waals surface area contributed by atoms with Gasteiger partial charge in [-0.1, -0.05) is 28.9 Å². The van der Waals surface area contributed by atoms with Crippen LogP contribution in [0.2, 0.25) is 0 Å². The fraction of sp³-hybridized carbons (Fsp3) is 0.647. The van der Waals surface area contributed by atoms with Gasteiger partial charge in [0.2, 0.25) is 0 Å². The minimum absolute atomic E-state index is 0.124. The monoisotopic (exact) mass is 357 g/mol. The number of rotatable bonds is 7. The van der Waals surface area contributed by atoms with E-state index in [4.69, 9.17) is 4.74 Å². The largest absolute Gasteiger partial charge is 0.378 e. The van der Waals surface area contributed by atoms with Crippen LogP contribution < -0.4 is 5.32 Å². The summed E-state index contributed by atoms with van der Waals surface area (Å²) >= 11 is 3.30. The molecule has 1 N–H and O–H groups in total. The maximum Gasteiger partial charge on any atom is 0.127 e. The van der Waals surface area contributed by atoms with Crippen molar-refractivity contribution in [3.63, 3.8) is 0 Å². The quantitative estimate of drug-likeness (QED) is 0.777. The molecule has 0 aliphatic carbocycles. The zero-order valence-electron chi connectivity index (χ0n) is 12.7. The molecule has 0 radical (unpaired) electrons. The van der Waals surface area contributed by atoms with Crippen molar-refractivity contribution in [3.05, 3.63) is 34.1 Å². The summed E-state index contributed by atoms with van der Waals surface area (Å²) in [5.74, 6) is -0.124. The van der Waals surface area contributed by atoms with E-state index in [-0.39, 0.29) is 5.82 Å². The topological polar surface area (TPSA) is 21.3 Å². The molecule has 1 fully saturated rings. The van der Waals surface area contributed by atoms with Gasteiger partial charge in [0.25, 0.3) is 0 Å². The maximum absolute atomic E-state index is 14.0. The summed E-state index contributed by atoms with van der Waals surface area (Å²) in [5, 5.41) is 3.48. The molecule has 21 heavy (non-hydrogen) atoms. The molecule has 0 bridgehead atoms. The van der Waals surface area contributed by atoms with E-state index in [1.807, 2.05) is 12.1 Å². The minimum Gasteiger partial charge on any atom is -0.378 e. The highest BCUT2D eigenvalue weighted by Gasteiger charge is 2.17. The van der Waals surface area contributed by atoms with Gasteiger partial charge < -0.3 is 10.1 Å². The fourth-order valence-electron chi connectivity index (χ4n) is 2.94. The molecule has 1 aromatic carbocycles. The van der Waals surface area contributed by atoms with Gasteiger partial charge in [-0.05, 0) is 62.8 Å². The van der Waals surface area contributed by atoms with E-state index in [1.54, 1.807) is 6.07 Å². The highest BCUT2D eigenvalue weighted by Crippen LogP contribution is 2.21. The Morgan fingerprint density at radius 1 is 1.43 bits per heavy atom. The van der Waals surface area contributed by atoms with E-state index in [0.29, 0.717) is 12.1 Å². The summed E-state index contributed by atoms with van der Waals surface area (Å²) in [6.07, 6.45) is 6.87. The van der Waals surface area contributed by atoms with Crippen molar-refractivity contribution in [2.45, 2.75) is 57.6 Å². The third-order valence-corrected chi connectivity index (χ3v) is 4.58. The number of benzene rings is 1. The summed E-state index contributed by atoms with van der Waals surface area (Å²) in [6.45, 7) is 3.91. The van der Waals surface area contributed by atoms with E-state index < -0.39 is 0 Å². The smallest absolute Gasteiger partial charge is 0.127 e. The van der Waals surface area contributed by atoms with E-state index in [2.05, 4.69) is 28.2 Å². The Labute approximate surface area is 135 Å². The molecule has 1 aliphatic heterocycles. The zero-order chi connectivity index (χ0) is 15.1. The Kier molecular flexibility index (Phi) is 7.14. The van der Waals surface area contributed by atoms with Crippen LogP contribution in [0.25, 0.3) is 0 Å². The van der Waals surface area contributed by atoms with Crippen molar-refractivity contribution in [1.82, 2.24) is 5.32 Å². The molecule has 4 heteroatoms. The highest BCUT2D eigenvalue weighted by molar-refractivity contribution is 9.10. The molecule has 2 nitrogen and oxygen atoms in total. The van der Waals surface area contributed by atoms with Crippen molar-refractivity contribution < 1.29 is 9.13 Å². The average molecular weight is 358 g/mol. The molecule has 0 spiro atoms. The summed E-state index contributed by atoms with van der Waals surface area (Å²) in [7, 11) is 0. The maximum atomic E-state index is 14.0. The minimum atomic E-state index is -0.124. The van der Waals surface area contributed by atoms with Crippen LogP contribution in [0, 0.1) is 5.82 Å². The Morgan fingerprint density at radius 3 is 2.95 bits per heavy atom. The van der Waals surface area contributed by atoms with Gasteiger partial charge in [0.15, 0.2) is 0 Å². The first-order chi connectivity index (χ1) is 10.2. The van der Waals surface area contributed by atoms with Crippen LogP contribution in [0.15, 0.2) is 22.7 Å². The van der Waals surface area contributed by atoms with E-state index in [9.17, 15) is 4.39 Å². The zero-order valence-corrected chi connectivity index (χ0v) is 14.3. The van der Waals surface area contributed by atoms with Crippen LogP contribution in [-0.4, -0.2) is 25.3 Å². The Bertz CT molecular complexity index is 435. The molecule has 1 aliphatic rings. The van der Waals surface area contributed by atoms with Gasteiger partial charge in [-0.3, -0.25) is 0 Å². The lowest BCUT2D eigenvalue weighted by Gasteiger charge is -2.25. The van der Waals surface area contributed by atoms with E-state index >= 15 is 0 Å². The van der Waals surface area contributed by atoms with Gasteiger partial charge in [0.1, 0.15) is 5.82 Å². The van der Waals surface area contributed by atoms with Crippen LogP contribution in [0.5, 0.6) is 0 Å². The molecule has 0 saturated carbocycles. The summed E-state index contributed by atoms with van der Waals surface area (Å²) in [6, 6.07) is 5.64. The molecule has 1 saturated heterocycles. The number of halogens is 2. The van der Waals surface area contributed by atoms with Gasteiger partial charge >= 0.3 is 0 Å². The van der Waals surface area contributed by atoms with Gasteiger partial charge in [0.05, 0.1) is 6.10 Å². The Hall–Kier alpha value is -0.450. The molecule has 2 unspecified atom stereocenters. The van der Waals surface area contributed by atoms with E-state index in [0.717, 1.165) is 42.5 Å². The first-order valence-corrected chi connectivity index (χ1v) is 8.77. The second-order valence-corrected chi connectivity index (χ2v) is 6.68. The normalized spacial score (nSPS) is 20.4. The SMILES string of the molecule is CCNC(CCC1CCCCO1)Cc1ccc(Br)cc1F. The molecular formula is C17H25BrFNO. The van der Waals surface area contributed by atoms with Crippen LogP contribution in [0.3, 0.4) is 0 Å². The van der Waals surface area contributed by atoms with Gasteiger partial charge in [-0.25, -0.2) is 4.39 Å². The number of hydrogen-bond acceptors (Lipinski definition) is 2. The Balaban J connectivity index is 1.88. The molecule has 1 heterocycles. The lowest BCUT2D eigenvalue weighted by atomic mass is 9.97. The van der Waals surface area contributed by atoms with Crippen LogP contribution in [-0.2, 0) is 11.2 Å². The number of likely N-dealkylation sites (N-methyl/N-ethyl adjacent to an activating group) is 1. The van der Waals surface area contributed by atoms with Crippen molar-refractivity contribution in [2.75, 3.05) is 13.2 Å². The first-order valence-electron chi connectivity index (χ1n) is 7.98. The third kappa shape index (κ3) is 5.68. The highest BCUT2D eigenvalue weighted by atomic mass is 79.9. The predicted molar refractivity (Wildman–Crippen MR) is 88.1 cm³/mol. The summed E-state index contributed by atoms with van der Waals surface area (Å²) in [4.78, 5) is 0. The number of nitrogens with one attached hydrogen (secondary N) is 1. The molecule has 0 aromatic heterocycles.